The summed E-state index contributed by atoms with van der Waals surface area (Å²) in [6.07, 6.45) is 3.58. The van der Waals surface area contributed by atoms with Crippen LogP contribution in [0, 0.1) is 10.7 Å². The molecule has 9 aromatic carbocycles. The molecule has 13 rings (SSSR count). The molecule has 0 fully saturated rings. The smallest absolute Gasteiger partial charge is 0.0374 e. The van der Waals surface area contributed by atoms with Crippen LogP contribution in [0.15, 0.2) is 219 Å². The number of pyridine rings is 1. The van der Waals surface area contributed by atoms with Gasteiger partial charge in [0.1, 0.15) is 0 Å². The van der Waals surface area contributed by atoms with Crippen molar-refractivity contribution in [3.8, 4) is 67.5 Å². The number of ether oxygens (including phenoxy) is 1. The van der Waals surface area contributed by atoms with E-state index in [0.29, 0.717) is 17.1 Å². The number of nitrogens with zero attached hydrogens (tertiary/aromatic N) is 4. The number of hydrogen-bond donors (Lipinski definition) is 0. The molecule has 5 nitrogen and oxygen atoms in total. The third-order valence-electron chi connectivity index (χ3n) is 15.8. The summed E-state index contributed by atoms with van der Waals surface area (Å²) in [4.78, 5) is 5.02. The maximum absolute atomic E-state index is 8.71. The van der Waals surface area contributed by atoms with Crippen LogP contribution in [0.3, 0.4) is 0 Å². The van der Waals surface area contributed by atoms with E-state index >= 15 is 0 Å². The monoisotopic (exact) mass is 1200 g/mol. The second-order valence-electron chi connectivity index (χ2n) is 22.9. The van der Waals surface area contributed by atoms with Crippen LogP contribution in [-0.2, 0) is 36.6 Å². The van der Waals surface area contributed by atoms with Crippen molar-refractivity contribution in [1.29, 1.82) is 0 Å². The molecule has 3 aromatic heterocycles. The molecule has 0 aliphatic heterocycles. The first-order chi connectivity index (χ1) is 39.0. The zero-order valence-corrected chi connectivity index (χ0v) is 47.1. The number of para-hydroxylation sites is 3. The second kappa shape index (κ2) is 19.4. The Morgan fingerprint density at radius 2 is 1.12 bits per heavy atom. The fourth-order valence-corrected chi connectivity index (χ4v) is 12.9. The van der Waals surface area contributed by atoms with E-state index in [1.165, 1.54) is 50.0 Å². The molecule has 3 heterocycles. The van der Waals surface area contributed by atoms with Crippen molar-refractivity contribution in [2.75, 3.05) is 0 Å². The van der Waals surface area contributed by atoms with Crippen LogP contribution >= 0.6 is 0 Å². The van der Waals surface area contributed by atoms with Gasteiger partial charge in [-0.05, 0) is 47.3 Å². The molecule has 0 radical (unpaired) electrons. The van der Waals surface area contributed by atoms with Gasteiger partial charge >= 0.3 is 341 Å². The predicted molar refractivity (Wildman–Crippen MR) is 320 cm³/mol. The van der Waals surface area contributed by atoms with Crippen LogP contribution in [0.5, 0.6) is 11.5 Å². The SMILES string of the molecule is [2H]C([2H])([2H])c1cc(-n2c3ccc(-c4ccccc4)cc3c3ccc(Oc4ccc5c(c4)C(n4[c](=[Pt])n(-c6c(-c7ccccc7)cccc6-c6cc(C(C)(C)C)cc(C(C)(C)C)c6)c6ccccc64)CC5)cc32)ncc1-c1ccccc1. The molecule has 1 aliphatic carbocycles. The van der Waals surface area contributed by atoms with Gasteiger partial charge in [-0.1, -0.05) is 66.7 Å². The summed E-state index contributed by atoms with van der Waals surface area (Å²) < 4.78 is 41.4. The maximum Gasteiger partial charge on any atom is 0.0374 e. The molecule has 0 saturated heterocycles. The van der Waals surface area contributed by atoms with Gasteiger partial charge in [0.05, 0.1) is 0 Å². The Hall–Kier alpha value is -8.11. The average molecular weight is 1200 g/mol. The van der Waals surface area contributed by atoms with Gasteiger partial charge in [-0.25, -0.2) is 4.98 Å². The van der Waals surface area contributed by atoms with Gasteiger partial charge in [0.15, 0.2) is 0 Å². The minimum atomic E-state index is -2.39. The van der Waals surface area contributed by atoms with E-state index in [2.05, 4.69) is 238 Å². The molecule has 0 bridgehead atoms. The summed E-state index contributed by atoms with van der Waals surface area (Å²) in [6.45, 7) is 11.5. The van der Waals surface area contributed by atoms with Crippen molar-refractivity contribution in [3.05, 3.63) is 250 Å². The Balaban J connectivity index is 0.937. The van der Waals surface area contributed by atoms with E-state index in [9.17, 15) is 0 Å². The van der Waals surface area contributed by atoms with Crippen molar-refractivity contribution in [2.45, 2.75) is 78.1 Å². The topological polar surface area (TPSA) is 36.9 Å². The minimum absolute atomic E-state index is 0.0347. The minimum Gasteiger partial charge on any atom is -0.238 e. The standard InChI is InChI=1S/C72H62N4O.Pt/c1-47-38-69(73-45-63(47)50-24-15-10-16-25-50)76-65-37-32-52(48-20-11-8-12-21-48)41-62(65)60-35-34-57(44-68(60)76)77-56-33-30-51-31-36-64(61(51)43-56)74-46-75(67-29-18-17-28-66(67)74)70-58(49-22-13-9-14-23-49)26-19-27-59(70)53-39-54(71(2,3)4)42-55(40-53)72(5,6)7;/h8-30,32-35,37-45,64H,31,36H2,1-7H3;/i1D3;. The maximum atomic E-state index is 8.71. The predicted octanol–water partition coefficient (Wildman–Crippen LogP) is 18.9. The number of fused-ring (bicyclic) bond motifs is 5. The fraction of sp³-hybridized carbons (Fsp3) is 0.167. The fourth-order valence-electron chi connectivity index (χ4n) is 11.7. The number of imidazole rings is 1. The van der Waals surface area contributed by atoms with Crippen molar-refractivity contribution >= 4 is 32.8 Å². The van der Waals surface area contributed by atoms with Crippen molar-refractivity contribution in [3.63, 3.8) is 0 Å². The first-order valence-corrected chi connectivity index (χ1v) is 28.1. The number of aryl methyl sites for hydroxylation is 2. The van der Waals surface area contributed by atoms with Gasteiger partial charge in [-0.2, -0.15) is 0 Å². The molecule has 1 unspecified atom stereocenters. The largest absolute Gasteiger partial charge is 0.238 e. The quantitative estimate of drug-likeness (QED) is 0.144. The van der Waals surface area contributed by atoms with Crippen LogP contribution in [0.25, 0.3) is 88.9 Å². The summed E-state index contributed by atoms with van der Waals surface area (Å²) in [5, 5.41) is 2.03. The first-order valence-electron chi connectivity index (χ1n) is 28.5. The van der Waals surface area contributed by atoms with E-state index in [4.69, 9.17) is 13.8 Å². The molecular weight excluding hydrogens is 1130 g/mol. The zero-order chi connectivity index (χ0) is 56.0. The van der Waals surface area contributed by atoms with E-state index in [0.717, 1.165) is 72.1 Å². The molecule has 0 N–H and O–H groups in total. The molecule has 1 atom stereocenters. The number of rotatable bonds is 9. The molecule has 6 heteroatoms. The zero-order valence-electron chi connectivity index (χ0n) is 47.8. The van der Waals surface area contributed by atoms with Crippen molar-refractivity contribution < 1.29 is 28.2 Å². The molecule has 78 heavy (non-hydrogen) atoms. The third-order valence-corrected chi connectivity index (χ3v) is 16.9. The Morgan fingerprint density at radius 3 is 1.79 bits per heavy atom. The molecule has 12 aromatic rings. The van der Waals surface area contributed by atoms with Crippen molar-refractivity contribution in [2.24, 2.45) is 0 Å². The van der Waals surface area contributed by atoms with Crippen molar-refractivity contribution in [1.82, 2.24) is 18.7 Å². The normalized spacial score (nSPS) is 14.4. The van der Waals surface area contributed by atoms with Crippen LogP contribution in [0.4, 0.5) is 0 Å². The van der Waals surface area contributed by atoms with Gasteiger partial charge in [-0.3, -0.25) is 0 Å². The van der Waals surface area contributed by atoms with Crippen LogP contribution in [0.2, 0.25) is 0 Å². The van der Waals surface area contributed by atoms with Gasteiger partial charge in [0, 0.05) is 15.9 Å². The Bertz CT molecular complexity index is 4430. The summed E-state index contributed by atoms with van der Waals surface area (Å²) >= 11 is 2.59. The molecule has 0 saturated carbocycles. The number of aromatic nitrogens is 4. The second-order valence-corrected chi connectivity index (χ2v) is 23.9. The Morgan fingerprint density at radius 1 is 0.500 bits per heavy atom. The van der Waals surface area contributed by atoms with Gasteiger partial charge in [0.2, 0.25) is 0 Å². The molecule has 1 aliphatic rings. The third kappa shape index (κ3) is 8.79. The van der Waals surface area contributed by atoms with Gasteiger partial charge in [-0.15, -0.1) is 0 Å². The summed E-state index contributed by atoms with van der Waals surface area (Å²) in [7, 11) is 0. The number of hydrogen-bond acceptors (Lipinski definition) is 2. The van der Waals surface area contributed by atoms with Gasteiger partial charge in [0.25, 0.3) is 0 Å². The Labute approximate surface area is 472 Å². The van der Waals surface area contributed by atoms with E-state index in [1.54, 1.807) is 12.3 Å². The van der Waals surface area contributed by atoms with Gasteiger partial charge < -0.3 is 0 Å². The van der Waals surface area contributed by atoms with E-state index < -0.39 is 6.85 Å². The first kappa shape index (κ1) is 46.0. The van der Waals surface area contributed by atoms with Crippen LogP contribution in [-0.4, -0.2) is 18.7 Å². The molecule has 0 amide bonds. The average Bonchev–Trinajstić information content (AvgIpc) is 3.71. The molecule has 0 spiro atoms. The van der Waals surface area contributed by atoms with Crippen LogP contribution < -0.4 is 4.74 Å². The summed E-state index contributed by atoms with van der Waals surface area (Å²) in [5.41, 5.74) is 18.9. The van der Waals surface area contributed by atoms with E-state index in [1.807, 2.05) is 42.5 Å². The van der Waals surface area contributed by atoms with Crippen LogP contribution in [0.1, 0.15) is 85.9 Å². The molecule has 386 valence electrons. The molecular formula is C72H62N4OPt. The summed E-state index contributed by atoms with van der Waals surface area (Å²) in [6, 6.07) is 74.8. The van der Waals surface area contributed by atoms with E-state index in [-0.39, 0.29) is 22.4 Å². The number of benzene rings is 9. The Kier molecular flexibility index (Phi) is 11.5. The summed E-state index contributed by atoms with van der Waals surface area (Å²) in [5.74, 6) is 1.92.